The van der Waals surface area contributed by atoms with Crippen LogP contribution in [0.2, 0.25) is 0 Å². The standard InChI is InChI=1S/C22H24N2O3/c25-21(26-17-18-8-3-1-4-9-18)24-14-7-12-22(13-15-24)16-20(23-27-22)19-10-5-2-6-11-19/h1-6,8-11,16,23H,7,12-15,17H2. The number of carbonyl (C=O) groups excluding carboxylic acids is 1. The van der Waals surface area contributed by atoms with Gasteiger partial charge in [-0.2, -0.15) is 0 Å². The van der Waals surface area contributed by atoms with E-state index < -0.39 is 0 Å². The molecule has 2 aromatic carbocycles. The normalized spacial score (nSPS) is 22.1. The summed E-state index contributed by atoms with van der Waals surface area (Å²) in [7, 11) is 0. The molecule has 0 aliphatic carbocycles. The van der Waals surface area contributed by atoms with Gasteiger partial charge in [0.15, 0.2) is 0 Å². The third-order valence-corrected chi connectivity index (χ3v) is 5.15. The van der Waals surface area contributed by atoms with Crippen molar-refractivity contribution in [3.63, 3.8) is 0 Å². The molecule has 1 atom stereocenters. The highest BCUT2D eigenvalue weighted by molar-refractivity contribution is 5.68. The Hall–Kier alpha value is -2.79. The van der Waals surface area contributed by atoms with Gasteiger partial charge >= 0.3 is 6.09 Å². The minimum atomic E-state index is -0.361. The molecule has 1 fully saturated rings. The molecule has 5 nitrogen and oxygen atoms in total. The Balaban J connectivity index is 1.36. The molecular formula is C22H24N2O3. The molecule has 1 spiro atoms. The van der Waals surface area contributed by atoms with E-state index in [4.69, 9.17) is 9.57 Å². The van der Waals surface area contributed by atoms with Crippen LogP contribution in [-0.2, 0) is 16.2 Å². The molecule has 0 aromatic heterocycles. The van der Waals surface area contributed by atoms with Gasteiger partial charge in [-0.3, -0.25) is 10.3 Å². The number of likely N-dealkylation sites (tertiary alicyclic amines) is 1. The first-order chi connectivity index (χ1) is 13.2. The molecule has 4 rings (SSSR count). The molecule has 0 bridgehead atoms. The van der Waals surface area contributed by atoms with Gasteiger partial charge in [-0.25, -0.2) is 4.79 Å². The Morgan fingerprint density at radius 1 is 1.04 bits per heavy atom. The van der Waals surface area contributed by atoms with Crippen LogP contribution in [0, 0.1) is 0 Å². The summed E-state index contributed by atoms with van der Waals surface area (Å²) in [5.41, 5.74) is 5.82. The Bertz CT molecular complexity index is 807. The highest BCUT2D eigenvalue weighted by atomic mass is 16.7. The van der Waals surface area contributed by atoms with Crippen molar-refractivity contribution in [1.29, 1.82) is 0 Å². The second-order valence-electron chi connectivity index (χ2n) is 7.07. The summed E-state index contributed by atoms with van der Waals surface area (Å²) in [4.78, 5) is 20.2. The van der Waals surface area contributed by atoms with E-state index in [1.807, 2.05) is 48.5 Å². The third kappa shape index (κ3) is 4.14. The fraction of sp³-hybridized carbons (Fsp3) is 0.318. The highest BCUT2D eigenvalue weighted by Crippen LogP contribution is 2.34. The maximum atomic E-state index is 12.4. The van der Waals surface area contributed by atoms with Crippen molar-refractivity contribution in [3.8, 4) is 0 Å². The zero-order chi connectivity index (χ0) is 18.5. The lowest BCUT2D eigenvalue weighted by Gasteiger charge is -2.24. The van der Waals surface area contributed by atoms with Crippen LogP contribution in [-0.4, -0.2) is 29.7 Å². The maximum Gasteiger partial charge on any atom is 0.410 e. The maximum absolute atomic E-state index is 12.4. The number of nitrogens with one attached hydrogen (secondary N) is 1. The molecule has 5 heteroatoms. The average molecular weight is 364 g/mol. The molecule has 1 saturated heterocycles. The summed E-state index contributed by atoms with van der Waals surface area (Å²) >= 11 is 0. The SMILES string of the molecule is O=C(OCc1ccccc1)N1CCCC2(C=C(c3ccccc3)NO2)CC1. The van der Waals surface area contributed by atoms with E-state index in [0.29, 0.717) is 19.7 Å². The largest absolute Gasteiger partial charge is 0.445 e. The summed E-state index contributed by atoms with van der Waals surface area (Å²) in [5, 5.41) is 0. The average Bonchev–Trinajstić information content (AvgIpc) is 3.02. The van der Waals surface area contributed by atoms with Crippen molar-refractivity contribution in [2.24, 2.45) is 0 Å². The molecule has 2 aliphatic heterocycles. The summed E-state index contributed by atoms with van der Waals surface area (Å²) in [5.74, 6) is 0. The van der Waals surface area contributed by atoms with Gasteiger partial charge in [0.1, 0.15) is 12.2 Å². The van der Waals surface area contributed by atoms with Crippen molar-refractivity contribution in [3.05, 3.63) is 77.9 Å². The van der Waals surface area contributed by atoms with Crippen LogP contribution in [0.15, 0.2) is 66.7 Å². The van der Waals surface area contributed by atoms with E-state index in [0.717, 1.165) is 36.1 Å². The van der Waals surface area contributed by atoms with E-state index in [-0.39, 0.29) is 11.7 Å². The van der Waals surface area contributed by atoms with Crippen molar-refractivity contribution in [2.45, 2.75) is 31.5 Å². The smallest absolute Gasteiger partial charge is 0.410 e. The Morgan fingerprint density at radius 2 is 1.78 bits per heavy atom. The number of carbonyl (C=O) groups is 1. The predicted molar refractivity (Wildman–Crippen MR) is 103 cm³/mol. The number of hydroxylamine groups is 1. The van der Waals surface area contributed by atoms with Crippen LogP contribution in [0.1, 0.15) is 30.4 Å². The van der Waals surface area contributed by atoms with Crippen LogP contribution in [0.3, 0.4) is 0 Å². The van der Waals surface area contributed by atoms with Gasteiger partial charge in [-0.15, -0.1) is 0 Å². The van der Waals surface area contributed by atoms with Crippen LogP contribution in [0.5, 0.6) is 0 Å². The second kappa shape index (κ2) is 7.84. The lowest BCUT2D eigenvalue weighted by molar-refractivity contribution is -0.0424. The van der Waals surface area contributed by atoms with Gasteiger partial charge in [0.25, 0.3) is 0 Å². The van der Waals surface area contributed by atoms with E-state index in [9.17, 15) is 4.79 Å². The van der Waals surface area contributed by atoms with Gasteiger partial charge in [0.2, 0.25) is 0 Å². The molecule has 1 N–H and O–H groups in total. The molecule has 140 valence electrons. The third-order valence-electron chi connectivity index (χ3n) is 5.15. The second-order valence-corrected chi connectivity index (χ2v) is 7.07. The first kappa shape index (κ1) is 17.6. The van der Waals surface area contributed by atoms with Gasteiger partial charge in [0, 0.05) is 19.5 Å². The quantitative estimate of drug-likeness (QED) is 0.890. The fourth-order valence-corrected chi connectivity index (χ4v) is 3.61. The molecule has 2 aliphatic rings. The lowest BCUT2D eigenvalue weighted by atomic mass is 9.93. The van der Waals surface area contributed by atoms with Gasteiger partial charge in [0.05, 0.1) is 5.70 Å². The zero-order valence-electron chi connectivity index (χ0n) is 15.3. The minimum Gasteiger partial charge on any atom is -0.445 e. The molecule has 2 heterocycles. The Kier molecular flexibility index (Phi) is 5.12. The topological polar surface area (TPSA) is 50.8 Å². The Morgan fingerprint density at radius 3 is 2.56 bits per heavy atom. The number of hydrogen-bond donors (Lipinski definition) is 1. The van der Waals surface area contributed by atoms with Gasteiger partial charge in [-0.05, 0) is 30.0 Å². The van der Waals surface area contributed by atoms with E-state index in [1.165, 1.54) is 0 Å². The lowest BCUT2D eigenvalue weighted by Crippen LogP contribution is -2.35. The highest BCUT2D eigenvalue weighted by Gasteiger charge is 2.38. The van der Waals surface area contributed by atoms with Crippen LogP contribution in [0.4, 0.5) is 4.79 Å². The number of hydrogen-bond acceptors (Lipinski definition) is 4. The summed E-state index contributed by atoms with van der Waals surface area (Å²) in [6, 6.07) is 19.9. The summed E-state index contributed by atoms with van der Waals surface area (Å²) in [6.07, 6.45) is 4.41. The molecule has 0 saturated carbocycles. The van der Waals surface area contributed by atoms with Gasteiger partial charge in [-0.1, -0.05) is 60.7 Å². The molecule has 2 aromatic rings. The van der Waals surface area contributed by atoms with Crippen molar-refractivity contribution < 1.29 is 14.4 Å². The first-order valence-corrected chi connectivity index (χ1v) is 9.42. The van der Waals surface area contributed by atoms with E-state index in [2.05, 4.69) is 23.7 Å². The van der Waals surface area contributed by atoms with Crippen LogP contribution < -0.4 is 5.48 Å². The van der Waals surface area contributed by atoms with Crippen molar-refractivity contribution in [2.75, 3.05) is 13.1 Å². The molecule has 1 amide bonds. The van der Waals surface area contributed by atoms with Crippen molar-refractivity contribution in [1.82, 2.24) is 10.4 Å². The van der Waals surface area contributed by atoms with Crippen LogP contribution >= 0.6 is 0 Å². The Labute approximate surface area is 159 Å². The number of ether oxygens (including phenoxy) is 1. The van der Waals surface area contributed by atoms with Crippen LogP contribution in [0.25, 0.3) is 5.70 Å². The molecular weight excluding hydrogens is 340 g/mol. The summed E-state index contributed by atoms with van der Waals surface area (Å²) < 4.78 is 5.48. The molecule has 0 radical (unpaired) electrons. The van der Waals surface area contributed by atoms with Crippen molar-refractivity contribution >= 4 is 11.8 Å². The fourth-order valence-electron chi connectivity index (χ4n) is 3.61. The molecule has 27 heavy (non-hydrogen) atoms. The number of amides is 1. The number of benzene rings is 2. The monoisotopic (exact) mass is 364 g/mol. The van der Waals surface area contributed by atoms with E-state index >= 15 is 0 Å². The van der Waals surface area contributed by atoms with E-state index in [1.54, 1.807) is 4.90 Å². The minimum absolute atomic E-state index is 0.255. The number of nitrogens with zero attached hydrogens (tertiary/aromatic N) is 1. The van der Waals surface area contributed by atoms with Gasteiger partial charge < -0.3 is 9.64 Å². The summed E-state index contributed by atoms with van der Waals surface area (Å²) in [6.45, 7) is 1.61. The predicted octanol–water partition coefficient (Wildman–Crippen LogP) is 4.12. The number of rotatable bonds is 3. The zero-order valence-corrected chi connectivity index (χ0v) is 15.3. The first-order valence-electron chi connectivity index (χ1n) is 9.42. The molecule has 1 unspecified atom stereocenters.